The number of ketones is 1. The van der Waals surface area contributed by atoms with Gasteiger partial charge in [0.05, 0.1) is 5.69 Å². The molecule has 1 aliphatic rings. The molecule has 1 aromatic heterocycles. The number of benzene rings is 1. The number of hydrogen-bond acceptors (Lipinski definition) is 4. The molecule has 0 N–H and O–H groups in total. The highest BCUT2D eigenvalue weighted by molar-refractivity contribution is 6.04. The number of rotatable bonds is 4. The van der Waals surface area contributed by atoms with Crippen molar-refractivity contribution in [2.24, 2.45) is 11.1 Å². The maximum absolute atomic E-state index is 12.6. The summed E-state index contributed by atoms with van der Waals surface area (Å²) in [7, 11) is 0. The van der Waals surface area contributed by atoms with Crippen LogP contribution in [0.15, 0.2) is 41.7 Å². The third-order valence-electron chi connectivity index (χ3n) is 4.04. The van der Waals surface area contributed by atoms with Crippen molar-refractivity contribution in [3.05, 3.63) is 52.6 Å². The largest absolute Gasteiger partial charge is 0.294 e. The Kier molecular flexibility index (Phi) is 3.60. The molecular formula is C17H16N2O2. The Hall–Kier alpha value is -2.36. The SMILES string of the molecule is Cc1ccc(-c2ccc(N=O)cc2C(=O)C2CCC2)nc1. The molecule has 0 bridgehead atoms. The number of aryl methyl sites for hydroxylation is 1. The molecule has 0 unspecified atom stereocenters. The zero-order valence-corrected chi connectivity index (χ0v) is 11.9. The Morgan fingerprint density at radius 3 is 2.62 bits per heavy atom. The lowest BCUT2D eigenvalue weighted by Gasteiger charge is -2.24. The highest BCUT2D eigenvalue weighted by atomic mass is 16.3. The lowest BCUT2D eigenvalue weighted by molar-refractivity contribution is 0.0856. The summed E-state index contributed by atoms with van der Waals surface area (Å²) >= 11 is 0. The van der Waals surface area contributed by atoms with Crippen molar-refractivity contribution in [3.63, 3.8) is 0 Å². The van der Waals surface area contributed by atoms with Crippen LogP contribution in [0.1, 0.15) is 35.2 Å². The maximum Gasteiger partial charge on any atom is 0.166 e. The van der Waals surface area contributed by atoms with Crippen molar-refractivity contribution < 1.29 is 4.79 Å². The quantitative estimate of drug-likeness (QED) is 0.614. The smallest absolute Gasteiger partial charge is 0.166 e. The highest BCUT2D eigenvalue weighted by Gasteiger charge is 2.28. The number of carbonyl (C=O) groups is 1. The van der Waals surface area contributed by atoms with Crippen molar-refractivity contribution in [1.82, 2.24) is 4.98 Å². The summed E-state index contributed by atoms with van der Waals surface area (Å²) in [6.07, 6.45) is 4.73. The monoisotopic (exact) mass is 280 g/mol. The van der Waals surface area contributed by atoms with E-state index in [2.05, 4.69) is 10.2 Å². The summed E-state index contributed by atoms with van der Waals surface area (Å²) in [5.41, 5.74) is 3.44. The topological polar surface area (TPSA) is 59.4 Å². The summed E-state index contributed by atoms with van der Waals surface area (Å²) in [6, 6.07) is 8.84. The van der Waals surface area contributed by atoms with Gasteiger partial charge in [0.15, 0.2) is 5.78 Å². The van der Waals surface area contributed by atoms with E-state index in [4.69, 9.17) is 0 Å². The van der Waals surface area contributed by atoms with Gasteiger partial charge in [-0.15, -0.1) is 4.91 Å². The number of hydrogen-bond donors (Lipinski definition) is 0. The minimum Gasteiger partial charge on any atom is -0.294 e. The molecule has 0 spiro atoms. The normalized spacial score (nSPS) is 14.5. The van der Waals surface area contributed by atoms with Crippen LogP contribution in [0.2, 0.25) is 0 Å². The van der Waals surface area contributed by atoms with Crippen molar-refractivity contribution in [2.45, 2.75) is 26.2 Å². The van der Waals surface area contributed by atoms with Crippen LogP contribution in [-0.4, -0.2) is 10.8 Å². The third kappa shape index (κ3) is 2.61. The lowest BCUT2D eigenvalue weighted by Crippen LogP contribution is -2.22. The van der Waals surface area contributed by atoms with Crippen molar-refractivity contribution >= 4 is 11.5 Å². The molecule has 0 saturated heterocycles. The second-order valence-electron chi connectivity index (χ2n) is 5.53. The molecule has 0 radical (unpaired) electrons. The fraction of sp³-hybridized carbons (Fsp3) is 0.294. The fourth-order valence-corrected chi connectivity index (χ4v) is 2.53. The van der Waals surface area contributed by atoms with Gasteiger partial charge in [0.2, 0.25) is 0 Å². The van der Waals surface area contributed by atoms with Crippen LogP contribution in [0.25, 0.3) is 11.3 Å². The average Bonchev–Trinajstić information content (AvgIpc) is 2.45. The van der Waals surface area contributed by atoms with Gasteiger partial charge in [-0.3, -0.25) is 9.78 Å². The molecule has 106 valence electrons. The molecule has 0 amide bonds. The number of pyridine rings is 1. The van der Waals surface area contributed by atoms with Crippen LogP contribution >= 0.6 is 0 Å². The Bertz CT molecular complexity index is 688. The van der Waals surface area contributed by atoms with E-state index in [1.165, 1.54) is 0 Å². The molecule has 4 heteroatoms. The van der Waals surface area contributed by atoms with Crippen LogP contribution in [0.4, 0.5) is 5.69 Å². The standard InChI is InChI=1S/C17H16N2O2/c1-11-5-8-16(18-10-11)14-7-6-13(19-21)9-15(14)17(20)12-3-2-4-12/h5-10,12H,2-4H2,1H3. The third-order valence-corrected chi connectivity index (χ3v) is 4.04. The molecule has 0 atom stereocenters. The fourth-order valence-electron chi connectivity index (χ4n) is 2.53. The molecule has 3 rings (SSSR count). The van der Waals surface area contributed by atoms with Crippen LogP contribution < -0.4 is 0 Å². The average molecular weight is 280 g/mol. The first kappa shape index (κ1) is 13.6. The minimum atomic E-state index is 0.0797. The van der Waals surface area contributed by atoms with E-state index in [1.54, 1.807) is 24.4 Å². The molecule has 1 heterocycles. The second-order valence-corrected chi connectivity index (χ2v) is 5.53. The van der Waals surface area contributed by atoms with E-state index in [0.29, 0.717) is 5.56 Å². The minimum absolute atomic E-state index is 0.0797. The predicted octanol–water partition coefficient (Wildman–Crippen LogP) is 4.44. The van der Waals surface area contributed by atoms with Crippen molar-refractivity contribution in [1.29, 1.82) is 0 Å². The molecule has 1 aliphatic carbocycles. The van der Waals surface area contributed by atoms with E-state index in [1.807, 2.05) is 19.1 Å². The first-order chi connectivity index (χ1) is 10.2. The van der Waals surface area contributed by atoms with Gasteiger partial charge >= 0.3 is 0 Å². The number of nitrogens with zero attached hydrogens (tertiary/aromatic N) is 2. The summed E-state index contributed by atoms with van der Waals surface area (Å²) < 4.78 is 0. The van der Waals surface area contributed by atoms with Crippen LogP contribution in [-0.2, 0) is 0 Å². The van der Waals surface area contributed by atoms with Gasteiger partial charge < -0.3 is 0 Å². The van der Waals surface area contributed by atoms with Gasteiger partial charge in [-0.2, -0.15) is 0 Å². The summed E-state index contributed by atoms with van der Waals surface area (Å²) in [4.78, 5) is 27.7. The van der Waals surface area contributed by atoms with Gasteiger partial charge in [0, 0.05) is 23.2 Å². The summed E-state index contributed by atoms with van der Waals surface area (Å²) in [5, 5.41) is 2.94. The number of aromatic nitrogens is 1. The molecule has 2 aromatic rings. The van der Waals surface area contributed by atoms with Crippen LogP contribution in [0.5, 0.6) is 0 Å². The molecule has 0 aliphatic heterocycles. The number of carbonyl (C=O) groups excluding carboxylic acids is 1. The summed E-state index contributed by atoms with van der Waals surface area (Å²) in [5.74, 6) is 0.181. The van der Waals surface area contributed by atoms with E-state index >= 15 is 0 Å². The van der Waals surface area contributed by atoms with E-state index < -0.39 is 0 Å². The van der Waals surface area contributed by atoms with Gasteiger partial charge in [-0.05, 0) is 54.8 Å². The Balaban J connectivity index is 2.08. The maximum atomic E-state index is 12.6. The van der Waals surface area contributed by atoms with Gasteiger partial charge in [0.1, 0.15) is 5.69 Å². The first-order valence-electron chi connectivity index (χ1n) is 7.13. The predicted molar refractivity (Wildman–Crippen MR) is 81.5 cm³/mol. The van der Waals surface area contributed by atoms with Crippen LogP contribution in [0, 0.1) is 17.7 Å². The van der Waals surface area contributed by atoms with Gasteiger partial charge in [-0.25, -0.2) is 0 Å². The molecule has 1 fully saturated rings. The van der Waals surface area contributed by atoms with Crippen molar-refractivity contribution in [2.75, 3.05) is 0 Å². The Morgan fingerprint density at radius 1 is 1.24 bits per heavy atom. The zero-order valence-electron chi connectivity index (χ0n) is 11.9. The molecule has 4 nitrogen and oxygen atoms in total. The Morgan fingerprint density at radius 2 is 2.05 bits per heavy atom. The highest BCUT2D eigenvalue weighted by Crippen LogP contribution is 2.34. The lowest BCUT2D eigenvalue weighted by atomic mass is 9.78. The van der Waals surface area contributed by atoms with Gasteiger partial charge in [-0.1, -0.05) is 12.5 Å². The molecule has 1 aromatic carbocycles. The van der Waals surface area contributed by atoms with E-state index in [0.717, 1.165) is 36.1 Å². The van der Waals surface area contributed by atoms with E-state index in [-0.39, 0.29) is 17.4 Å². The number of Topliss-reactive ketones (excluding diaryl/α,β-unsaturated/α-hetero) is 1. The number of nitroso groups, excluding NO2 is 1. The summed E-state index contributed by atoms with van der Waals surface area (Å²) in [6.45, 7) is 1.97. The molecule has 21 heavy (non-hydrogen) atoms. The first-order valence-corrected chi connectivity index (χ1v) is 7.13. The van der Waals surface area contributed by atoms with Crippen molar-refractivity contribution in [3.8, 4) is 11.3 Å². The molecule has 1 saturated carbocycles. The van der Waals surface area contributed by atoms with Crippen LogP contribution in [0.3, 0.4) is 0 Å². The van der Waals surface area contributed by atoms with E-state index in [9.17, 15) is 9.70 Å². The zero-order chi connectivity index (χ0) is 14.8. The Labute approximate surface area is 123 Å². The van der Waals surface area contributed by atoms with Gasteiger partial charge in [0.25, 0.3) is 0 Å². The molecular weight excluding hydrogens is 264 g/mol. The second kappa shape index (κ2) is 5.56.